The highest BCUT2D eigenvalue weighted by atomic mass is 16.5. The van der Waals surface area contributed by atoms with Crippen LogP contribution in [0.5, 0.6) is 5.75 Å². The van der Waals surface area contributed by atoms with Gasteiger partial charge in [0, 0.05) is 6.20 Å². The zero-order chi connectivity index (χ0) is 10.4. The van der Waals surface area contributed by atoms with Crippen LogP contribution < -0.4 is 4.74 Å². The van der Waals surface area contributed by atoms with Crippen molar-refractivity contribution in [2.24, 2.45) is 0 Å². The molecule has 1 heterocycles. The Morgan fingerprint density at radius 1 is 1.43 bits per heavy atom. The Morgan fingerprint density at radius 2 is 2.21 bits per heavy atom. The number of aryl methyl sites for hydroxylation is 1. The monoisotopic (exact) mass is 193 g/mol. The summed E-state index contributed by atoms with van der Waals surface area (Å²) < 4.78 is 5.78. The maximum absolute atomic E-state index is 5.78. The molecule has 2 nitrogen and oxygen atoms in total. The molecule has 2 heteroatoms. The third-order valence-corrected chi connectivity index (χ3v) is 2.24. The van der Waals surface area contributed by atoms with E-state index in [-0.39, 0.29) is 6.10 Å². The van der Waals surface area contributed by atoms with Gasteiger partial charge in [0.15, 0.2) is 0 Å². The van der Waals surface area contributed by atoms with Gasteiger partial charge in [0.05, 0.1) is 11.8 Å². The van der Waals surface area contributed by atoms with Gasteiger partial charge in [-0.05, 0) is 31.9 Å². The second-order valence-electron chi connectivity index (χ2n) is 3.53. The van der Waals surface area contributed by atoms with Crippen LogP contribution in [0.2, 0.25) is 0 Å². The number of pyridine rings is 1. The van der Waals surface area contributed by atoms with E-state index in [9.17, 15) is 0 Å². The standard InChI is InChI=1S/C12H19NO/c1-4-7-11-12(8-6-9-13-11)14-10(3)5-2/h6,8-10H,4-5,7H2,1-3H3. The molecule has 1 unspecified atom stereocenters. The normalized spacial score (nSPS) is 12.5. The Morgan fingerprint density at radius 3 is 2.86 bits per heavy atom. The van der Waals surface area contributed by atoms with Crippen LogP contribution in [-0.2, 0) is 6.42 Å². The van der Waals surface area contributed by atoms with Crippen LogP contribution in [0.3, 0.4) is 0 Å². The second-order valence-corrected chi connectivity index (χ2v) is 3.53. The molecule has 0 spiro atoms. The minimum atomic E-state index is 0.273. The molecule has 0 saturated heterocycles. The van der Waals surface area contributed by atoms with Crippen molar-refractivity contribution in [1.29, 1.82) is 0 Å². The van der Waals surface area contributed by atoms with Crippen LogP contribution in [0.4, 0.5) is 0 Å². The maximum Gasteiger partial charge on any atom is 0.141 e. The van der Waals surface area contributed by atoms with Gasteiger partial charge in [-0.1, -0.05) is 20.3 Å². The van der Waals surface area contributed by atoms with Crippen molar-refractivity contribution < 1.29 is 4.74 Å². The van der Waals surface area contributed by atoms with Gasteiger partial charge >= 0.3 is 0 Å². The van der Waals surface area contributed by atoms with E-state index in [0.717, 1.165) is 30.7 Å². The molecule has 0 radical (unpaired) electrons. The largest absolute Gasteiger partial charge is 0.489 e. The van der Waals surface area contributed by atoms with E-state index < -0.39 is 0 Å². The number of ether oxygens (including phenoxy) is 1. The first-order valence-corrected chi connectivity index (χ1v) is 5.38. The lowest BCUT2D eigenvalue weighted by Crippen LogP contribution is -2.11. The lowest BCUT2D eigenvalue weighted by atomic mass is 10.2. The maximum atomic E-state index is 5.78. The van der Waals surface area contributed by atoms with Crippen molar-refractivity contribution >= 4 is 0 Å². The van der Waals surface area contributed by atoms with Crippen molar-refractivity contribution in [2.45, 2.75) is 46.1 Å². The summed E-state index contributed by atoms with van der Waals surface area (Å²) in [5, 5.41) is 0. The van der Waals surface area contributed by atoms with Gasteiger partial charge in [0.25, 0.3) is 0 Å². The summed E-state index contributed by atoms with van der Waals surface area (Å²) in [5.74, 6) is 0.948. The smallest absolute Gasteiger partial charge is 0.141 e. The van der Waals surface area contributed by atoms with E-state index in [2.05, 4.69) is 25.8 Å². The van der Waals surface area contributed by atoms with Crippen molar-refractivity contribution in [3.8, 4) is 5.75 Å². The number of rotatable bonds is 5. The van der Waals surface area contributed by atoms with Crippen molar-refractivity contribution in [1.82, 2.24) is 4.98 Å². The molecule has 0 saturated carbocycles. The van der Waals surface area contributed by atoms with Crippen molar-refractivity contribution in [3.63, 3.8) is 0 Å². The van der Waals surface area contributed by atoms with E-state index in [4.69, 9.17) is 4.74 Å². The Labute approximate surface area is 86.3 Å². The van der Waals surface area contributed by atoms with Gasteiger partial charge in [-0.15, -0.1) is 0 Å². The van der Waals surface area contributed by atoms with Crippen molar-refractivity contribution in [3.05, 3.63) is 24.0 Å². The molecule has 0 N–H and O–H groups in total. The number of hydrogen-bond donors (Lipinski definition) is 0. The number of nitrogens with zero attached hydrogens (tertiary/aromatic N) is 1. The molecule has 0 aliphatic heterocycles. The van der Waals surface area contributed by atoms with Gasteiger partial charge in [-0.2, -0.15) is 0 Å². The number of aromatic nitrogens is 1. The summed E-state index contributed by atoms with van der Waals surface area (Å²) in [6.45, 7) is 6.37. The first kappa shape index (κ1) is 11.0. The van der Waals surface area contributed by atoms with E-state index in [1.807, 2.05) is 18.3 Å². The molecule has 14 heavy (non-hydrogen) atoms. The predicted molar refractivity (Wildman–Crippen MR) is 58.6 cm³/mol. The second kappa shape index (κ2) is 5.63. The number of hydrogen-bond acceptors (Lipinski definition) is 2. The van der Waals surface area contributed by atoms with Crippen molar-refractivity contribution in [2.75, 3.05) is 0 Å². The van der Waals surface area contributed by atoms with E-state index >= 15 is 0 Å². The molecular weight excluding hydrogens is 174 g/mol. The summed E-state index contributed by atoms with van der Waals surface area (Å²) in [5.41, 5.74) is 1.08. The van der Waals surface area contributed by atoms with Gasteiger partial charge in [-0.3, -0.25) is 4.98 Å². The average Bonchev–Trinajstić information content (AvgIpc) is 2.21. The van der Waals surface area contributed by atoms with E-state index in [1.165, 1.54) is 0 Å². The quantitative estimate of drug-likeness (QED) is 0.716. The Bertz CT molecular complexity index is 273. The Hall–Kier alpha value is -1.05. The molecule has 0 aromatic carbocycles. The van der Waals surface area contributed by atoms with Gasteiger partial charge < -0.3 is 4.74 Å². The third kappa shape index (κ3) is 3.02. The molecule has 1 rings (SSSR count). The topological polar surface area (TPSA) is 22.1 Å². The Kier molecular flexibility index (Phi) is 4.44. The zero-order valence-electron chi connectivity index (χ0n) is 9.29. The lowest BCUT2D eigenvalue weighted by Gasteiger charge is -2.14. The summed E-state index contributed by atoms with van der Waals surface area (Å²) in [7, 11) is 0. The van der Waals surface area contributed by atoms with E-state index in [1.54, 1.807) is 0 Å². The highest BCUT2D eigenvalue weighted by Crippen LogP contribution is 2.18. The SMILES string of the molecule is CCCc1ncccc1OC(C)CC. The fourth-order valence-corrected chi connectivity index (χ4v) is 1.26. The van der Waals surface area contributed by atoms with Crippen LogP contribution in [0.15, 0.2) is 18.3 Å². The fraction of sp³-hybridized carbons (Fsp3) is 0.583. The average molecular weight is 193 g/mol. The van der Waals surface area contributed by atoms with Crippen LogP contribution in [0, 0.1) is 0 Å². The summed E-state index contributed by atoms with van der Waals surface area (Å²) >= 11 is 0. The van der Waals surface area contributed by atoms with E-state index in [0.29, 0.717) is 0 Å². The Balaban J connectivity index is 2.73. The molecule has 0 aliphatic rings. The van der Waals surface area contributed by atoms with Crippen LogP contribution in [0.25, 0.3) is 0 Å². The summed E-state index contributed by atoms with van der Waals surface area (Å²) in [4.78, 5) is 4.33. The molecule has 78 valence electrons. The van der Waals surface area contributed by atoms with Gasteiger partial charge in [0.1, 0.15) is 5.75 Å². The molecule has 0 amide bonds. The van der Waals surface area contributed by atoms with Gasteiger partial charge in [-0.25, -0.2) is 0 Å². The first-order valence-electron chi connectivity index (χ1n) is 5.38. The molecule has 0 aliphatic carbocycles. The molecular formula is C12H19NO. The fourth-order valence-electron chi connectivity index (χ4n) is 1.26. The molecule has 1 atom stereocenters. The van der Waals surface area contributed by atoms with Crippen LogP contribution in [-0.4, -0.2) is 11.1 Å². The van der Waals surface area contributed by atoms with Crippen LogP contribution in [0.1, 0.15) is 39.3 Å². The predicted octanol–water partition coefficient (Wildman–Crippen LogP) is 3.21. The highest BCUT2D eigenvalue weighted by Gasteiger charge is 2.06. The molecule has 1 aromatic rings. The molecule has 0 bridgehead atoms. The highest BCUT2D eigenvalue weighted by molar-refractivity contribution is 5.27. The van der Waals surface area contributed by atoms with Crippen LogP contribution >= 0.6 is 0 Å². The molecule has 1 aromatic heterocycles. The summed E-state index contributed by atoms with van der Waals surface area (Å²) in [6.07, 6.45) is 5.23. The molecule has 0 fully saturated rings. The first-order chi connectivity index (χ1) is 6.77. The van der Waals surface area contributed by atoms with Gasteiger partial charge in [0.2, 0.25) is 0 Å². The lowest BCUT2D eigenvalue weighted by molar-refractivity contribution is 0.214. The minimum Gasteiger partial charge on any atom is -0.489 e. The zero-order valence-corrected chi connectivity index (χ0v) is 9.29. The summed E-state index contributed by atoms with van der Waals surface area (Å²) in [6, 6.07) is 3.93. The third-order valence-electron chi connectivity index (χ3n) is 2.24. The minimum absolute atomic E-state index is 0.273.